The summed E-state index contributed by atoms with van der Waals surface area (Å²) in [6, 6.07) is 22.0. The van der Waals surface area contributed by atoms with Crippen molar-refractivity contribution in [2.24, 2.45) is 0 Å². The standard InChI is InChI=1S/C22H21NO4/c1-25-19-6-3-5-18(13-19)23-22(24)17-11-9-16(10-12-17)15-27-21-8-4-7-20(14-21)26-2/h3-14H,15H2,1-2H3,(H,23,24). The lowest BCUT2D eigenvalue weighted by atomic mass is 10.1. The van der Waals surface area contributed by atoms with Crippen LogP contribution >= 0.6 is 0 Å². The molecule has 0 aliphatic carbocycles. The predicted octanol–water partition coefficient (Wildman–Crippen LogP) is 4.54. The van der Waals surface area contributed by atoms with Gasteiger partial charge in [0.15, 0.2) is 0 Å². The van der Waals surface area contributed by atoms with Gasteiger partial charge in [0.2, 0.25) is 0 Å². The van der Waals surface area contributed by atoms with Crippen molar-refractivity contribution >= 4 is 11.6 Å². The van der Waals surface area contributed by atoms with E-state index in [2.05, 4.69) is 5.32 Å². The van der Waals surface area contributed by atoms with E-state index in [0.29, 0.717) is 23.6 Å². The van der Waals surface area contributed by atoms with Crippen LogP contribution in [0.25, 0.3) is 0 Å². The van der Waals surface area contributed by atoms with Gasteiger partial charge < -0.3 is 19.5 Å². The average molecular weight is 363 g/mol. The number of anilines is 1. The maximum atomic E-state index is 12.4. The Hall–Kier alpha value is -3.47. The lowest BCUT2D eigenvalue weighted by Crippen LogP contribution is -2.12. The van der Waals surface area contributed by atoms with Crippen molar-refractivity contribution in [3.63, 3.8) is 0 Å². The minimum absolute atomic E-state index is 0.177. The van der Waals surface area contributed by atoms with Crippen LogP contribution in [0.15, 0.2) is 72.8 Å². The molecule has 0 saturated carbocycles. The molecule has 3 aromatic rings. The third-order valence-electron chi connectivity index (χ3n) is 3.99. The lowest BCUT2D eigenvalue weighted by molar-refractivity contribution is 0.102. The number of amides is 1. The third kappa shape index (κ3) is 5.01. The molecule has 0 atom stereocenters. The number of methoxy groups -OCH3 is 2. The topological polar surface area (TPSA) is 56.8 Å². The molecule has 27 heavy (non-hydrogen) atoms. The molecule has 0 saturated heterocycles. The summed E-state index contributed by atoms with van der Waals surface area (Å²) in [5.74, 6) is 1.99. The number of hydrogen-bond donors (Lipinski definition) is 1. The highest BCUT2D eigenvalue weighted by Gasteiger charge is 2.07. The van der Waals surface area contributed by atoms with Gasteiger partial charge in [0.05, 0.1) is 14.2 Å². The number of rotatable bonds is 7. The molecule has 0 bridgehead atoms. The highest BCUT2D eigenvalue weighted by molar-refractivity contribution is 6.04. The van der Waals surface area contributed by atoms with E-state index in [9.17, 15) is 4.79 Å². The second-order valence-electron chi connectivity index (χ2n) is 5.85. The van der Waals surface area contributed by atoms with Gasteiger partial charge in [-0.2, -0.15) is 0 Å². The van der Waals surface area contributed by atoms with Crippen molar-refractivity contribution in [3.05, 3.63) is 83.9 Å². The van der Waals surface area contributed by atoms with Gasteiger partial charge in [0.1, 0.15) is 23.9 Å². The minimum atomic E-state index is -0.177. The highest BCUT2D eigenvalue weighted by Crippen LogP contribution is 2.20. The van der Waals surface area contributed by atoms with E-state index in [4.69, 9.17) is 14.2 Å². The first kappa shape index (κ1) is 18.3. The molecule has 5 heteroatoms. The lowest BCUT2D eigenvalue weighted by Gasteiger charge is -2.09. The van der Waals surface area contributed by atoms with E-state index in [0.717, 1.165) is 17.1 Å². The van der Waals surface area contributed by atoms with Crippen LogP contribution in [0.2, 0.25) is 0 Å². The van der Waals surface area contributed by atoms with Gasteiger partial charge in [-0.3, -0.25) is 4.79 Å². The maximum Gasteiger partial charge on any atom is 0.255 e. The molecule has 3 rings (SSSR count). The summed E-state index contributed by atoms with van der Waals surface area (Å²) in [6.45, 7) is 0.408. The van der Waals surface area contributed by atoms with Crippen LogP contribution in [0.5, 0.6) is 17.2 Å². The molecule has 0 aromatic heterocycles. The summed E-state index contributed by atoms with van der Waals surface area (Å²) in [5, 5.41) is 2.86. The number of nitrogens with one attached hydrogen (secondary N) is 1. The molecule has 5 nitrogen and oxygen atoms in total. The monoisotopic (exact) mass is 363 g/mol. The van der Waals surface area contributed by atoms with Gasteiger partial charge in [-0.15, -0.1) is 0 Å². The summed E-state index contributed by atoms with van der Waals surface area (Å²) in [7, 11) is 3.21. The summed E-state index contributed by atoms with van der Waals surface area (Å²) in [5.41, 5.74) is 2.23. The number of ether oxygens (including phenoxy) is 3. The molecule has 138 valence electrons. The second-order valence-corrected chi connectivity index (χ2v) is 5.85. The van der Waals surface area contributed by atoms with E-state index in [1.807, 2.05) is 54.6 Å². The molecule has 3 aromatic carbocycles. The smallest absolute Gasteiger partial charge is 0.255 e. The van der Waals surface area contributed by atoms with Crippen molar-refractivity contribution in [1.82, 2.24) is 0 Å². The summed E-state index contributed by atoms with van der Waals surface area (Å²) in [6.07, 6.45) is 0. The Balaban J connectivity index is 1.59. The fourth-order valence-electron chi connectivity index (χ4n) is 2.51. The van der Waals surface area contributed by atoms with Crippen LogP contribution < -0.4 is 19.5 Å². The van der Waals surface area contributed by atoms with E-state index in [-0.39, 0.29) is 5.91 Å². The molecule has 0 unspecified atom stereocenters. The number of hydrogen-bond acceptors (Lipinski definition) is 4. The number of carbonyl (C=O) groups is 1. The van der Waals surface area contributed by atoms with Gasteiger partial charge in [0, 0.05) is 23.4 Å². The van der Waals surface area contributed by atoms with Crippen molar-refractivity contribution in [3.8, 4) is 17.2 Å². The molecule has 1 amide bonds. The Morgan fingerprint density at radius 3 is 2.15 bits per heavy atom. The fourth-order valence-corrected chi connectivity index (χ4v) is 2.51. The van der Waals surface area contributed by atoms with Crippen molar-refractivity contribution in [2.75, 3.05) is 19.5 Å². The van der Waals surface area contributed by atoms with Crippen molar-refractivity contribution in [1.29, 1.82) is 0 Å². The first-order chi connectivity index (χ1) is 13.2. The van der Waals surface area contributed by atoms with Crippen molar-refractivity contribution < 1.29 is 19.0 Å². The Morgan fingerprint density at radius 1 is 0.815 bits per heavy atom. The van der Waals surface area contributed by atoms with Crippen LogP contribution in [-0.2, 0) is 6.61 Å². The van der Waals surface area contributed by atoms with Gasteiger partial charge in [0.25, 0.3) is 5.91 Å². The number of benzene rings is 3. The summed E-state index contributed by atoms with van der Waals surface area (Å²) in [4.78, 5) is 12.4. The SMILES string of the molecule is COc1cccc(NC(=O)c2ccc(COc3cccc(OC)c3)cc2)c1. The predicted molar refractivity (Wildman–Crippen MR) is 105 cm³/mol. The van der Waals surface area contributed by atoms with Gasteiger partial charge in [-0.25, -0.2) is 0 Å². The minimum Gasteiger partial charge on any atom is -0.497 e. The van der Waals surface area contributed by atoms with Gasteiger partial charge in [-0.1, -0.05) is 24.3 Å². The van der Waals surface area contributed by atoms with Crippen LogP contribution in [0.3, 0.4) is 0 Å². The third-order valence-corrected chi connectivity index (χ3v) is 3.99. The number of carbonyl (C=O) groups excluding carboxylic acids is 1. The quantitative estimate of drug-likeness (QED) is 0.670. The molecular formula is C22H21NO4. The fraction of sp³-hybridized carbons (Fsp3) is 0.136. The Morgan fingerprint density at radius 2 is 1.44 bits per heavy atom. The zero-order valence-corrected chi connectivity index (χ0v) is 15.3. The normalized spacial score (nSPS) is 10.1. The summed E-state index contributed by atoms with van der Waals surface area (Å²) < 4.78 is 16.1. The van der Waals surface area contributed by atoms with Crippen molar-refractivity contribution in [2.45, 2.75) is 6.61 Å². The van der Waals surface area contributed by atoms with Gasteiger partial charge >= 0.3 is 0 Å². The molecule has 0 spiro atoms. The zero-order chi connectivity index (χ0) is 19.1. The molecule has 0 fully saturated rings. The highest BCUT2D eigenvalue weighted by atomic mass is 16.5. The molecule has 0 aliphatic rings. The Kier molecular flexibility index (Phi) is 5.94. The van der Waals surface area contributed by atoms with E-state index < -0.39 is 0 Å². The van der Waals surface area contributed by atoms with Crippen LogP contribution in [0.1, 0.15) is 15.9 Å². The van der Waals surface area contributed by atoms with E-state index in [1.54, 1.807) is 32.4 Å². The van der Waals surface area contributed by atoms with Gasteiger partial charge in [-0.05, 0) is 42.0 Å². The molecular weight excluding hydrogens is 342 g/mol. The molecule has 1 N–H and O–H groups in total. The van der Waals surface area contributed by atoms with Crippen LogP contribution in [0, 0.1) is 0 Å². The van der Waals surface area contributed by atoms with E-state index in [1.165, 1.54) is 0 Å². The largest absolute Gasteiger partial charge is 0.497 e. The molecule has 0 radical (unpaired) electrons. The zero-order valence-electron chi connectivity index (χ0n) is 15.3. The molecule has 0 aliphatic heterocycles. The van der Waals surface area contributed by atoms with Crippen LogP contribution in [0.4, 0.5) is 5.69 Å². The summed E-state index contributed by atoms with van der Waals surface area (Å²) >= 11 is 0. The second kappa shape index (κ2) is 8.76. The maximum absolute atomic E-state index is 12.4. The Labute approximate surface area is 158 Å². The molecule has 0 heterocycles. The first-order valence-corrected chi connectivity index (χ1v) is 8.49. The first-order valence-electron chi connectivity index (χ1n) is 8.49. The Bertz CT molecular complexity index is 906. The average Bonchev–Trinajstić information content (AvgIpc) is 2.73. The van der Waals surface area contributed by atoms with E-state index >= 15 is 0 Å². The van der Waals surface area contributed by atoms with Crippen LogP contribution in [-0.4, -0.2) is 20.1 Å².